The highest BCUT2D eigenvalue weighted by Crippen LogP contribution is 2.13. The number of ether oxygens (including phenoxy) is 1. The van der Waals surface area contributed by atoms with E-state index in [0.29, 0.717) is 24.5 Å². The molecule has 1 unspecified atom stereocenters. The smallest absolute Gasteiger partial charge is 0.338 e. The Morgan fingerprint density at radius 2 is 2.47 bits per heavy atom. The summed E-state index contributed by atoms with van der Waals surface area (Å²) in [6.07, 6.45) is 3.22. The van der Waals surface area contributed by atoms with Gasteiger partial charge >= 0.3 is 5.97 Å². The number of hydrogen-bond donors (Lipinski definition) is 2. The first-order valence-electron chi connectivity index (χ1n) is 6.38. The van der Waals surface area contributed by atoms with Gasteiger partial charge in [-0.3, -0.25) is 4.79 Å². The zero-order valence-electron chi connectivity index (χ0n) is 10.8. The van der Waals surface area contributed by atoms with E-state index < -0.39 is 0 Å². The van der Waals surface area contributed by atoms with Crippen molar-refractivity contribution in [3.05, 3.63) is 23.9 Å². The zero-order valence-corrected chi connectivity index (χ0v) is 10.8. The first kappa shape index (κ1) is 13.3. The molecule has 0 saturated carbocycles. The highest BCUT2D eigenvalue weighted by molar-refractivity contribution is 5.90. The van der Waals surface area contributed by atoms with E-state index in [1.807, 2.05) is 0 Å². The largest absolute Gasteiger partial charge is 0.462 e. The van der Waals surface area contributed by atoms with Crippen LogP contribution in [0, 0.1) is 0 Å². The van der Waals surface area contributed by atoms with E-state index in [0.717, 1.165) is 12.8 Å². The molecule has 19 heavy (non-hydrogen) atoms. The van der Waals surface area contributed by atoms with Crippen LogP contribution < -0.4 is 10.6 Å². The van der Waals surface area contributed by atoms with E-state index in [-0.39, 0.29) is 17.9 Å². The zero-order chi connectivity index (χ0) is 13.7. The van der Waals surface area contributed by atoms with Gasteiger partial charge in [-0.15, -0.1) is 0 Å². The topological polar surface area (TPSA) is 80.3 Å². The molecule has 0 radical (unpaired) electrons. The number of piperidine rings is 1. The van der Waals surface area contributed by atoms with Gasteiger partial charge in [-0.1, -0.05) is 0 Å². The minimum absolute atomic E-state index is 0.0328. The Balaban J connectivity index is 2.06. The molecule has 0 aromatic carbocycles. The summed E-state index contributed by atoms with van der Waals surface area (Å²) >= 11 is 0. The predicted molar refractivity (Wildman–Crippen MR) is 69.8 cm³/mol. The van der Waals surface area contributed by atoms with Crippen molar-refractivity contribution in [1.82, 2.24) is 10.3 Å². The van der Waals surface area contributed by atoms with Crippen molar-refractivity contribution in [2.45, 2.75) is 25.8 Å². The van der Waals surface area contributed by atoms with Crippen molar-refractivity contribution in [1.29, 1.82) is 0 Å². The average Bonchev–Trinajstić information content (AvgIpc) is 2.42. The molecule has 1 aromatic heterocycles. The molecule has 0 bridgehead atoms. The van der Waals surface area contributed by atoms with Crippen molar-refractivity contribution in [2.24, 2.45) is 0 Å². The van der Waals surface area contributed by atoms with Crippen LogP contribution in [0.25, 0.3) is 0 Å². The average molecular weight is 263 g/mol. The maximum Gasteiger partial charge on any atom is 0.338 e. The van der Waals surface area contributed by atoms with Crippen LogP contribution in [0.3, 0.4) is 0 Å². The van der Waals surface area contributed by atoms with Crippen LogP contribution in [-0.4, -0.2) is 36.1 Å². The van der Waals surface area contributed by atoms with Gasteiger partial charge < -0.3 is 15.4 Å². The van der Waals surface area contributed by atoms with Gasteiger partial charge in [0.2, 0.25) is 5.91 Å². The monoisotopic (exact) mass is 263 g/mol. The molecule has 6 nitrogen and oxygen atoms in total. The van der Waals surface area contributed by atoms with Gasteiger partial charge in [-0.05, 0) is 31.9 Å². The molecule has 1 aliphatic rings. The molecule has 2 heterocycles. The molecular formula is C13H17N3O3. The third-order valence-corrected chi connectivity index (χ3v) is 2.88. The third kappa shape index (κ3) is 3.43. The van der Waals surface area contributed by atoms with E-state index in [4.69, 9.17) is 4.74 Å². The molecule has 2 N–H and O–H groups in total. The summed E-state index contributed by atoms with van der Waals surface area (Å²) < 4.78 is 4.92. The molecule has 1 saturated heterocycles. The summed E-state index contributed by atoms with van der Waals surface area (Å²) in [5, 5.41) is 5.83. The third-order valence-electron chi connectivity index (χ3n) is 2.88. The molecule has 2 rings (SSSR count). The molecule has 0 spiro atoms. The van der Waals surface area contributed by atoms with Gasteiger partial charge in [0.05, 0.1) is 12.2 Å². The van der Waals surface area contributed by atoms with Crippen LogP contribution in [0.5, 0.6) is 0 Å². The summed E-state index contributed by atoms with van der Waals surface area (Å²) in [5.74, 6) is 0.0863. The van der Waals surface area contributed by atoms with E-state index in [2.05, 4.69) is 15.6 Å². The van der Waals surface area contributed by atoms with Crippen LogP contribution in [-0.2, 0) is 9.53 Å². The molecule has 1 fully saturated rings. The first-order valence-corrected chi connectivity index (χ1v) is 6.38. The Morgan fingerprint density at radius 1 is 1.63 bits per heavy atom. The molecule has 1 amide bonds. The maximum atomic E-state index is 11.6. The number of pyridine rings is 1. The fraction of sp³-hybridized carbons (Fsp3) is 0.462. The second kappa shape index (κ2) is 6.17. The van der Waals surface area contributed by atoms with Crippen LogP contribution in [0.1, 0.15) is 30.1 Å². The number of carbonyl (C=O) groups excluding carboxylic acids is 2. The highest BCUT2D eigenvalue weighted by atomic mass is 16.5. The van der Waals surface area contributed by atoms with Crippen LogP contribution >= 0.6 is 0 Å². The Hall–Kier alpha value is -2.11. The fourth-order valence-electron chi connectivity index (χ4n) is 1.94. The van der Waals surface area contributed by atoms with Crippen molar-refractivity contribution >= 4 is 17.7 Å². The molecule has 0 aliphatic carbocycles. The maximum absolute atomic E-state index is 11.6. The lowest BCUT2D eigenvalue weighted by molar-refractivity contribution is -0.123. The number of aromatic nitrogens is 1. The van der Waals surface area contributed by atoms with E-state index in [1.165, 1.54) is 6.20 Å². The van der Waals surface area contributed by atoms with E-state index in [9.17, 15) is 9.59 Å². The molecule has 102 valence electrons. The molecule has 1 aliphatic heterocycles. The lowest BCUT2D eigenvalue weighted by Gasteiger charge is -2.23. The summed E-state index contributed by atoms with van der Waals surface area (Å²) in [4.78, 5) is 27.3. The van der Waals surface area contributed by atoms with Crippen molar-refractivity contribution in [3.63, 3.8) is 0 Å². The van der Waals surface area contributed by atoms with Gasteiger partial charge in [-0.2, -0.15) is 0 Å². The molecule has 1 atom stereocenters. The Labute approximate surface area is 111 Å². The van der Waals surface area contributed by atoms with Crippen LogP contribution in [0.15, 0.2) is 18.3 Å². The van der Waals surface area contributed by atoms with Crippen molar-refractivity contribution < 1.29 is 14.3 Å². The van der Waals surface area contributed by atoms with Crippen molar-refractivity contribution in [3.8, 4) is 0 Å². The Bertz CT molecular complexity index is 476. The minimum Gasteiger partial charge on any atom is -0.462 e. The molecule has 6 heteroatoms. The van der Waals surface area contributed by atoms with Crippen LogP contribution in [0.4, 0.5) is 5.82 Å². The fourth-order valence-corrected chi connectivity index (χ4v) is 1.94. The number of esters is 1. The summed E-state index contributed by atoms with van der Waals surface area (Å²) in [5.41, 5.74) is 0.426. The van der Waals surface area contributed by atoms with Crippen LogP contribution in [0.2, 0.25) is 0 Å². The Kier molecular flexibility index (Phi) is 4.33. The number of hydrogen-bond acceptors (Lipinski definition) is 5. The SMILES string of the molecule is CCOC(=O)c1ccnc(NC2CCCNC2=O)c1. The number of rotatable bonds is 4. The van der Waals surface area contributed by atoms with Gasteiger partial charge in [-0.25, -0.2) is 9.78 Å². The first-order chi connectivity index (χ1) is 9.20. The molecule has 1 aromatic rings. The predicted octanol–water partition coefficient (Wildman–Crippen LogP) is 0.949. The lowest BCUT2D eigenvalue weighted by atomic mass is 10.1. The molecular weight excluding hydrogens is 246 g/mol. The number of amides is 1. The van der Waals surface area contributed by atoms with Gasteiger partial charge in [0.25, 0.3) is 0 Å². The van der Waals surface area contributed by atoms with E-state index >= 15 is 0 Å². The van der Waals surface area contributed by atoms with E-state index in [1.54, 1.807) is 19.1 Å². The number of carbonyl (C=O) groups is 2. The van der Waals surface area contributed by atoms with Gasteiger partial charge in [0, 0.05) is 12.7 Å². The summed E-state index contributed by atoms with van der Waals surface area (Å²) in [6, 6.07) is 2.89. The van der Waals surface area contributed by atoms with Crippen molar-refractivity contribution in [2.75, 3.05) is 18.5 Å². The summed E-state index contributed by atoms with van der Waals surface area (Å²) in [6.45, 7) is 2.80. The second-order valence-corrected chi connectivity index (χ2v) is 4.28. The highest BCUT2D eigenvalue weighted by Gasteiger charge is 2.22. The second-order valence-electron chi connectivity index (χ2n) is 4.28. The number of nitrogens with zero attached hydrogens (tertiary/aromatic N) is 1. The Morgan fingerprint density at radius 3 is 3.21 bits per heavy atom. The lowest BCUT2D eigenvalue weighted by Crippen LogP contribution is -2.44. The summed E-state index contributed by atoms with van der Waals surface area (Å²) in [7, 11) is 0. The number of nitrogens with one attached hydrogen (secondary N) is 2. The quantitative estimate of drug-likeness (QED) is 0.790. The van der Waals surface area contributed by atoms with Gasteiger partial charge in [0.15, 0.2) is 0 Å². The standard InChI is InChI=1S/C13H17N3O3/c1-2-19-13(18)9-5-7-14-11(8-9)16-10-4-3-6-15-12(10)17/h5,7-8,10H,2-4,6H2,1H3,(H,14,16)(H,15,17). The normalized spacial score (nSPS) is 18.6. The number of anilines is 1. The minimum atomic E-state index is -0.388. The van der Waals surface area contributed by atoms with Gasteiger partial charge in [0.1, 0.15) is 11.9 Å².